The molecule has 0 unspecified atom stereocenters. The highest BCUT2D eigenvalue weighted by atomic mass is 35.5. The molecule has 6 rings (SSSR count). The van der Waals surface area contributed by atoms with E-state index in [0.717, 1.165) is 16.6 Å². The van der Waals surface area contributed by atoms with Gasteiger partial charge in [0.2, 0.25) is 17.8 Å². The van der Waals surface area contributed by atoms with Crippen LogP contribution in [0.2, 0.25) is 10.0 Å². The summed E-state index contributed by atoms with van der Waals surface area (Å²) >= 11 is 12.4. The Hall–Kier alpha value is -3.51. The zero-order valence-corrected chi connectivity index (χ0v) is 22.6. The summed E-state index contributed by atoms with van der Waals surface area (Å²) < 4.78 is 13.1. The van der Waals surface area contributed by atoms with E-state index in [1.54, 1.807) is 12.3 Å². The van der Waals surface area contributed by atoms with E-state index in [0.29, 0.717) is 92.9 Å². The molecule has 0 saturated carbocycles. The summed E-state index contributed by atoms with van der Waals surface area (Å²) in [5.74, 6) is 2.22. The number of nitrogens with one attached hydrogen (secondary N) is 1. The van der Waals surface area contributed by atoms with Gasteiger partial charge < -0.3 is 23.8 Å². The number of anilines is 3. The summed E-state index contributed by atoms with van der Waals surface area (Å²) in [5.41, 5.74) is 5.85. The molecule has 0 amide bonds. The minimum absolute atomic E-state index is 0.358. The van der Waals surface area contributed by atoms with Crippen molar-refractivity contribution < 1.29 is 9.47 Å². The van der Waals surface area contributed by atoms with Gasteiger partial charge in [-0.3, -0.25) is 0 Å². The van der Waals surface area contributed by atoms with Crippen molar-refractivity contribution in [2.75, 3.05) is 67.8 Å². The van der Waals surface area contributed by atoms with E-state index in [4.69, 9.17) is 42.6 Å². The largest absolute Gasteiger partial charge is 0.378 e. The van der Waals surface area contributed by atoms with Crippen LogP contribution in [0.15, 0.2) is 47.6 Å². The molecular weight excluding hydrogens is 541 g/mol. The molecule has 2 aliphatic rings. The number of nitrogens with zero attached hydrogens (tertiary/aromatic N) is 8. The maximum atomic E-state index is 6.27. The molecule has 0 atom stereocenters. The quantitative estimate of drug-likeness (QED) is 0.264. The second-order valence-electron chi connectivity index (χ2n) is 9.12. The number of rotatable bonds is 7. The topological polar surface area (TPSA) is 106 Å². The van der Waals surface area contributed by atoms with Gasteiger partial charge in [0.1, 0.15) is 0 Å². The molecule has 0 aliphatic carbocycles. The third-order valence-corrected chi connectivity index (χ3v) is 7.29. The number of hydrazone groups is 1. The van der Waals surface area contributed by atoms with Gasteiger partial charge in [0.05, 0.1) is 53.7 Å². The van der Waals surface area contributed by atoms with E-state index >= 15 is 0 Å². The SMILES string of the molecule is Clc1ccc(Cn2c(/C=N/Nc3nc(N4CCOCC4)nc(N4CCOCC4)n3)nc3ccccc32)cc1Cl. The maximum absolute atomic E-state index is 6.27. The Labute approximate surface area is 235 Å². The average Bonchev–Trinajstić information content (AvgIpc) is 3.32. The van der Waals surface area contributed by atoms with Crippen molar-refractivity contribution in [2.24, 2.45) is 5.10 Å². The molecule has 202 valence electrons. The molecule has 4 aromatic rings. The van der Waals surface area contributed by atoms with E-state index in [2.05, 4.69) is 34.9 Å². The first kappa shape index (κ1) is 25.8. The van der Waals surface area contributed by atoms with E-state index in [1.807, 2.05) is 36.4 Å². The Morgan fingerprint density at radius 1 is 0.821 bits per heavy atom. The lowest BCUT2D eigenvalue weighted by molar-refractivity contribution is 0.121. The van der Waals surface area contributed by atoms with Gasteiger partial charge in [-0.25, -0.2) is 10.4 Å². The predicted octanol–water partition coefficient (Wildman–Crippen LogP) is 3.70. The van der Waals surface area contributed by atoms with Crippen LogP contribution in [0.4, 0.5) is 17.8 Å². The van der Waals surface area contributed by atoms with Crippen LogP contribution in [-0.4, -0.2) is 83.3 Å². The monoisotopic (exact) mass is 567 g/mol. The van der Waals surface area contributed by atoms with Crippen molar-refractivity contribution in [1.29, 1.82) is 0 Å². The van der Waals surface area contributed by atoms with E-state index in [-0.39, 0.29) is 0 Å². The normalized spacial score (nSPS) is 16.4. The molecule has 1 N–H and O–H groups in total. The van der Waals surface area contributed by atoms with Crippen molar-refractivity contribution >= 4 is 58.3 Å². The smallest absolute Gasteiger partial charge is 0.250 e. The number of hydrogen-bond donors (Lipinski definition) is 1. The minimum atomic E-state index is 0.358. The van der Waals surface area contributed by atoms with Crippen molar-refractivity contribution in [3.63, 3.8) is 0 Å². The first-order chi connectivity index (χ1) is 19.1. The van der Waals surface area contributed by atoms with Gasteiger partial charge in [-0.1, -0.05) is 41.4 Å². The molecule has 0 radical (unpaired) electrons. The second-order valence-corrected chi connectivity index (χ2v) is 9.94. The maximum Gasteiger partial charge on any atom is 0.250 e. The van der Waals surface area contributed by atoms with Gasteiger partial charge in [0.25, 0.3) is 0 Å². The van der Waals surface area contributed by atoms with Crippen LogP contribution in [0.5, 0.6) is 0 Å². The van der Waals surface area contributed by atoms with Gasteiger partial charge >= 0.3 is 0 Å². The summed E-state index contributed by atoms with van der Waals surface area (Å²) in [7, 11) is 0. The molecule has 0 spiro atoms. The predicted molar refractivity (Wildman–Crippen MR) is 152 cm³/mol. The van der Waals surface area contributed by atoms with Crippen LogP contribution in [0.1, 0.15) is 11.4 Å². The second kappa shape index (κ2) is 11.7. The first-order valence-electron chi connectivity index (χ1n) is 12.7. The molecule has 2 aromatic heterocycles. The molecule has 0 bridgehead atoms. The van der Waals surface area contributed by atoms with Crippen molar-refractivity contribution in [3.05, 3.63) is 63.9 Å². The van der Waals surface area contributed by atoms with Gasteiger partial charge in [-0.2, -0.15) is 20.1 Å². The molecule has 2 aromatic carbocycles. The Balaban J connectivity index is 1.28. The Morgan fingerprint density at radius 3 is 2.15 bits per heavy atom. The molecular formula is C26H27Cl2N9O2. The number of hydrogen-bond acceptors (Lipinski definition) is 10. The fourth-order valence-corrected chi connectivity index (χ4v) is 4.86. The highest BCUT2D eigenvalue weighted by Crippen LogP contribution is 2.25. The highest BCUT2D eigenvalue weighted by Gasteiger charge is 2.20. The molecule has 2 aliphatic heterocycles. The molecule has 2 saturated heterocycles. The highest BCUT2D eigenvalue weighted by molar-refractivity contribution is 6.42. The van der Waals surface area contributed by atoms with E-state index < -0.39 is 0 Å². The first-order valence-corrected chi connectivity index (χ1v) is 13.5. The molecule has 4 heterocycles. The van der Waals surface area contributed by atoms with Crippen LogP contribution >= 0.6 is 23.2 Å². The van der Waals surface area contributed by atoms with E-state index in [1.165, 1.54) is 0 Å². The summed E-state index contributed by atoms with van der Waals surface area (Å²) in [6.45, 7) is 5.95. The fraction of sp³-hybridized carbons (Fsp3) is 0.346. The number of morpholine rings is 2. The van der Waals surface area contributed by atoms with Crippen molar-refractivity contribution in [1.82, 2.24) is 24.5 Å². The lowest BCUT2D eigenvalue weighted by atomic mass is 10.2. The molecule has 11 nitrogen and oxygen atoms in total. The van der Waals surface area contributed by atoms with Gasteiger partial charge in [0, 0.05) is 32.7 Å². The number of benzene rings is 2. The summed E-state index contributed by atoms with van der Waals surface area (Å²) in [6.07, 6.45) is 1.67. The van der Waals surface area contributed by atoms with Crippen LogP contribution in [0, 0.1) is 0 Å². The van der Waals surface area contributed by atoms with Gasteiger partial charge in [-0.15, -0.1) is 0 Å². The Bertz CT molecular complexity index is 1450. The van der Waals surface area contributed by atoms with Crippen molar-refractivity contribution in [3.8, 4) is 0 Å². The molecule has 39 heavy (non-hydrogen) atoms. The third kappa shape index (κ3) is 5.91. The van der Waals surface area contributed by atoms with Crippen LogP contribution in [-0.2, 0) is 16.0 Å². The minimum Gasteiger partial charge on any atom is -0.378 e. The Morgan fingerprint density at radius 2 is 1.49 bits per heavy atom. The summed E-state index contributed by atoms with van der Waals surface area (Å²) in [4.78, 5) is 23.0. The summed E-state index contributed by atoms with van der Waals surface area (Å²) in [6, 6.07) is 13.6. The summed E-state index contributed by atoms with van der Waals surface area (Å²) in [5, 5.41) is 5.50. The zero-order valence-electron chi connectivity index (χ0n) is 21.1. The van der Waals surface area contributed by atoms with Crippen LogP contribution in [0.25, 0.3) is 11.0 Å². The Kier molecular flexibility index (Phi) is 7.73. The number of para-hydroxylation sites is 2. The number of ether oxygens (including phenoxy) is 2. The van der Waals surface area contributed by atoms with Gasteiger partial charge in [-0.05, 0) is 29.8 Å². The average molecular weight is 568 g/mol. The number of imidazole rings is 1. The van der Waals surface area contributed by atoms with Crippen molar-refractivity contribution in [2.45, 2.75) is 6.54 Å². The standard InChI is InChI=1S/C26H27Cl2N9O2/c27-19-6-5-18(15-20(19)28)17-37-22-4-2-1-3-21(22)30-23(37)16-29-34-24-31-25(35-7-11-38-12-8-35)33-26(32-24)36-9-13-39-14-10-36/h1-6,15-16H,7-14,17H2,(H,31,32,33,34)/b29-16+. The number of aromatic nitrogens is 5. The lowest BCUT2D eigenvalue weighted by Crippen LogP contribution is -2.40. The number of fused-ring (bicyclic) bond motifs is 1. The lowest BCUT2D eigenvalue weighted by Gasteiger charge is -2.30. The zero-order chi connectivity index (χ0) is 26.6. The van der Waals surface area contributed by atoms with Gasteiger partial charge in [0.15, 0.2) is 5.82 Å². The molecule has 2 fully saturated rings. The van der Waals surface area contributed by atoms with E-state index in [9.17, 15) is 0 Å². The number of halogens is 2. The molecule has 13 heteroatoms. The fourth-order valence-electron chi connectivity index (χ4n) is 4.54. The van der Waals surface area contributed by atoms with Crippen LogP contribution < -0.4 is 15.2 Å². The van der Waals surface area contributed by atoms with Crippen LogP contribution in [0.3, 0.4) is 0 Å². The third-order valence-electron chi connectivity index (χ3n) is 6.55.